The summed E-state index contributed by atoms with van der Waals surface area (Å²) in [5.74, 6) is -1.45. The number of amides is 2. The van der Waals surface area contributed by atoms with Crippen LogP contribution in [0.5, 0.6) is 0 Å². The van der Waals surface area contributed by atoms with Crippen LogP contribution in [0, 0.1) is 5.92 Å². The monoisotopic (exact) mass is 435 g/mol. The summed E-state index contributed by atoms with van der Waals surface area (Å²) in [4.78, 5) is 40.0. The highest BCUT2D eigenvalue weighted by Crippen LogP contribution is 2.39. The first-order valence-electron chi connectivity index (χ1n) is 10.5. The SMILES string of the molecule is CN(C)CCN1C(=O)CCC12CCCN(C(=O)CC1CC1)CC2.O=C(O)C(F)(F)F. The van der Waals surface area contributed by atoms with Gasteiger partial charge in [-0.25, -0.2) is 4.79 Å². The van der Waals surface area contributed by atoms with Gasteiger partial charge in [-0.05, 0) is 58.5 Å². The van der Waals surface area contributed by atoms with Gasteiger partial charge in [-0.1, -0.05) is 0 Å². The minimum absolute atomic E-state index is 0.0156. The van der Waals surface area contributed by atoms with Crippen LogP contribution in [0.2, 0.25) is 0 Å². The number of hydrogen-bond donors (Lipinski definition) is 1. The summed E-state index contributed by atoms with van der Waals surface area (Å²) in [5.41, 5.74) is 0.0156. The molecule has 3 aliphatic rings. The third-order valence-electron chi connectivity index (χ3n) is 6.12. The molecule has 0 radical (unpaired) electrons. The van der Waals surface area contributed by atoms with Crippen LogP contribution in [0.3, 0.4) is 0 Å². The Hall–Kier alpha value is -1.84. The van der Waals surface area contributed by atoms with Crippen LogP contribution in [-0.2, 0) is 14.4 Å². The minimum Gasteiger partial charge on any atom is -0.475 e. The van der Waals surface area contributed by atoms with E-state index in [1.54, 1.807) is 0 Å². The van der Waals surface area contributed by atoms with Gasteiger partial charge in [0.05, 0.1) is 0 Å². The molecule has 2 saturated heterocycles. The number of halogens is 3. The maximum Gasteiger partial charge on any atom is 0.490 e. The van der Waals surface area contributed by atoms with Crippen molar-refractivity contribution < 1.29 is 32.7 Å². The van der Waals surface area contributed by atoms with E-state index >= 15 is 0 Å². The van der Waals surface area contributed by atoms with E-state index in [9.17, 15) is 22.8 Å². The Morgan fingerprint density at radius 3 is 2.33 bits per heavy atom. The maximum absolute atomic E-state index is 12.4. The summed E-state index contributed by atoms with van der Waals surface area (Å²) in [6.07, 6.45) is 2.83. The lowest BCUT2D eigenvalue weighted by molar-refractivity contribution is -0.192. The summed E-state index contributed by atoms with van der Waals surface area (Å²) >= 11 is 0. The molecule has 2 heterocycles. The minimum atomic E-state index is -5.08. The highest BCUT2D eigenvalue weighted by atomic mass is 19.4. The van der Waals surface area contributed by atoms with Crippen molar-refractivity contribution in [3.8, 4) is 0 Å². The number of carboxylic acid groups (broad SMARTS) is 1. The molecule has 0 aromatic carbocycles. The number of carbonyl (C=O) groups is 3. The number of aliphatic carboxylic acids is 1. The molecule has 172 valence electrons. The summed E-state index contributed by atoms with van der Waals surface area (Å²) in [6, 6.07) is 0. The third-order valence-corrected chi connectivity index (χ3v) is 6.12. The quantitative estimate of drug-likeness (QED) is 0.717. The fraction of sp³-hybridized carbons (Fsp3) is 0.850. The molecule has 1 N–H and O–H groups in total. The van der Waals surface area contributed by atoms with Crippen molar-refractivity contribution in [2.45, 2.75) is 63.1 Å². The molecule has 1 unspecified atom stereocenters. The second-order valence-corrected chi connectivity index (χ2v) is 8.76. The Morgan fingerprint density at radius 2 is 1.80 bits per heavy atom. The number of likely N-dealkylation sites (N-methyl/N-ethyl adjacent to an activating group) is 1. The lowest BCUT2D eigenvalue weighted by Crippen LogP contribution is -2.49. The summed E-state index contributed by atoms with van der Waals surface area (Å²) in [7, 11) is 4.11. The molecule has 3 fully saturated rings. The largest absolute Gasteiger partial charge is 0.490 e. The Balaban J connectivity index is 0.000000396. The smallest absolute Gasteiger partial charge is 0.475 e. The zero-order valence-corrected chi connectivity index (χ0v) is 17.7. The van der Waals surface area contributed by atoms with E-state index in [2.05, 4.69) is 28.8 Å². The first-order chi connectivity index (χ1) is 13.9. The summed E-state index contributed by atoms with van der Waals surface area (Å²) in [6.45, 7) is 3.44. The molecule has 0 aromatic rings. The van der Waals surface area contributed by atoms with E-state index in [0.29, 0.717) is 24.2 Å². The van der Waals surface area contributed by atoms with Gasteiger partial charge in [0, 0.05) is 44.6 Å². The van der Waals surface area contributed by atoms with Gasteiger partial charge in [-0.15, -0.1) is 0 Å². The molecule has 2 aliphatic heterocycles. The van der Waals surface area contributed by atoms with Crippen LogP contribution < -0.4 is 0 Å². The number of carbonyl (C=O) groups excluding carboxylic acids is 2. The van der Waals surface area contributed by atoms with Crippen molar-refractivity contribution in [1.29, 1.82) is 0 Å². The van der Waals surface area contributed by atoms with Gasteiger partial charge in [0.1, 0.15) is 0 Å². The van der Waals surface area contributed by atoms with E-state index in [0.717, 1.165) is 58.3 Å². The van der Waals surface area contributed by atoms with Crippen molar-refractivity contribution in [2.75, 3.05) is 40.3 Å². The van der Waals surface area contributed by atoms with Gasteiger partial charge in [0.15, 0.2) is 0 Å². The van der Waals surface area contributed by atoms with Crippen molar-refractivity contribution in [1.82, 2.24) is 14.7 Å². The van der Waals surface area contributed by atoms with Crippen molar-refractivity contribution in [3.05, 3.63) is 0 Å². The molecule has 0 aromatic heterocycles. The van der Waals surface area contributed by atoms with Gasteiger partial charge in [-0.3, -0.25) is 9.59 Å². The second kappa shape index (κ2) is 9.98. The molecule has 30 heavy (non-hydrogen) atoms. The predicted octanol–water partition coefficient (Wildman–Crippen LogP) is 2.36. The van der Waals surface area contributed by atoms with Crippen LogP contribution >= 0.6 is 0 Å². The zero-order valence-electron chi connectivity index (χ0n) is 17.7. The second-order valence-electron chi connectivity index (χ2n) is 8.76. The van der Waals surface area contributed by atoms with E-state index in [4.69, 9.17) is 9.90 Å². The number of carboxylic acids is 1. The van der Waals surface area contributed by atoms with E-state index in [-0.39, 0.29) is 5.54 Å². The van der Waals surface area contributed by atoms with E-state index in [1.807, 2.05) is 0 Å². The molecule has 1 saturated carbocycles. The number of likely N-dealkylation sites (tertiary alicyclic amines) is 2. The van der Waals surface area contributed by atoms with Gasteiger partial charge in [0.2, 0.25) is 11.8 Å². The van der Waals surface area contributed by atoms with Gasteiger partial charge in [-0.2, -0.15) is 13.2 Å². The Bertz CT molecular complexity index is 637. The topological polar surface area (TPSA) is 81.2 Å². The molecule has 1 aliphatic carbocycles. The predicted molar refractivity (Wildman–Crippen MR) is 104 cm³/mol. The standard InChI is InChI=1S/C18H31N3O2.C2HF3O2/c1-19(2)12-13-21-16(22)6-8-18(21)7-3-10-20(11-9-18)17(23)14-15-4-5-15;3-2(4,5)1(6)7/h15H,3-14H2,1-2H3;(H,6,7). The maximum atomic E-state index is 12.4. The molecule has 1 atom stereocenters. The molecule has 2 amide bonds. The van der Waals surface area contributed by atoms with Gasteiger partial charge < -0.3 is 19.8 Å². The van der Waals surface area contributed by atoms with Crippen LogP contribution in [0.25, 0.3) is 0 Å². The first-order valence-corrected chi connectivity index (χ1v) is 10.5. The van der Waals surface area contributed by atoms with Crippen LogP contribution in [0.1, 0.15) is 51.4 Å². The van der Waals surface area contributed by atoms with Crippen LogP contribution in [-0.4, -0.2) is 89.6 Å². The van der Waals surface area contributed by atoms with E-state index in [1.165, 1.54) is 12.8 Å². The van der Waals surface area contributed by atoms with Crippen molar-refractivity contribution in [2.24, 2.45) is 5.92 Å². The van der Waals surface area contributed by atoms with E-state index < -0.39 is 12.1 Å². The molecular weight excluding hydrogens is 403 g/mol. The van der Waals surface area contributed by atoms with Crippen molar-refractivity contribution in [3.63, 3.8) is 0 Å². The Kier molecular flexibility index (Phi) is 8.13. The average molecular weight is 435 g/mol. The summed E-state index contributed by atoms with van der Waals surface area (Å²) < 4.78 is 31.7. The lowest BCUT2D eigenvalue weighted by atomic mass is 9.87. The first kappa shape index (κ1) is 24.4. The molecule has 3 rings (SSSR count). The molecule has 1 spiro atoms. The number of alkyl halides is 3. The Labute approximate surface area is 175 Å². The van der Waals surface area contributed by atoms with Crippen molar-refractivity contribution >= 4 is 17.8 Å². The Morgan fingerprint density at radius 1 is 1.17 bits per heavy atom. The fourth-order valence-electron chi connectivity index (χ4n) is 4.18. The summed E-state index contributed by atoms with van der Waals surface area (Å²) in [5, 5.41) is 7.12. The zero-order chi connectivity index (χ0) is 22.5. The van der Waals surface area contributed by atoms with Crippen LogP contribution in [0.15, 0.2) is 0 Å². The number of hydrogen-bond acceptors (Lipinski definition) is 4. The molecule has 0 bridgehead atoms. The highest BCUT2D eigenvalue weighted by Gasteiger charge is 2.45. The lowest BCUT2D eigenvalue weighted by Gasteiger charge is -2.38. The highest BCUT2D eigenvalue weighted by molar-refractivity contribution is 5.80. The molecule has 7 nitrogen and oxygen atoms in total. The normalized spacial score (nSPS) is 24.7. The molecule has 10 heteroatoms. The van der Waals surface area contributed by atoms with Gasteiger partial charge >= 0.3 is 12.1 Å². The number of rotatable bonds is 5. The fourth-order valence-corrected chi connectivity index (χ4v) is 4.18. The van der Waals surface area contributed by atoms with Crippen LogP contribution in [0.4, 0.5) is 13.2 Å². The number of nitrogens with zero attached hydrogens (tertiary/aromatic N) is 3. The molecular formula is C20H32F3N3O4. The van der Waals surface area contributed by atoms with Gasteiger partial charge in [0.25, 0.3) is 0 Å². The average Bonchev–Trinajstić information content (AvgIpc) is 3.42. The third kappa shape index (κ3) is 6.85.